The molecule has 2 nitrogen and oxygen atoms in total. The molecule has 0 aliphatic heterocycles. The van der Waals surface area contributed by atoms with Gasteiger partial charge in [0.25, 0.3) is 0 Å². The first-order valence-corrected chi connectivity index (χ1v) is 7.10. The predicted octanol–water partition coefficient (Wildman–Crippen LogP) is 4.63. The molecule has 0 aliphatic carbocycles. The summed E-state index contributed by atoms with van der Waals surface area (Å²) in [4.78, 5) is 12.7. The Hall–Kier alpha value is -1.83. The van der Waals surface area contributed by atoms with Gasteiger partial charge in [0.2, 0.25) is 0 Å². The Bertz CT molecular complexity index is 633. The van der Waals surface area contributed by atoms with Gasteiger partial charge in [-0.25, -0.2) is 0 Å². The van der Waals surface area contributed by atoms with Crippen LogP contribution in [0.4, 0.5) is 0 Å². The number of hydrogen-bond donors (Lipinski definition) is 0. The highest BCUT2D eigenvalue weighted by Crippen LogP contribution is 2.24. The lowest BCUT2D eigenvalue weighted by Crippen LogP contribution is -2.05. The maximum absolute atomic E-state index is 12.7. The normalized spacial score (nSPS) is 11.1. The molecule has 0 spiro atoms. The van der Waals surface area contributed by atoms with Crippen LogP contribution >= 0.6 is 0 Å². The van der Waals surface area contributed by atoms with Crippen LogP contribution in [0.3, 0.4) is 0 Å². The highest BCUT2D eigenvalue weighted by molar-refractivity contribution is 6.10. The maximum Gasteiger partial charge on any atom is 0.196 e. The molecule has 0 N–H and O–H groups in total. The van der Waals surface area contributed by atoms with Crippen LogP contribution < -0.4 is 0 Å². The number of rotatable bonds is 4. The van der Waals surface area contributed by atoms with Crippen LogP contribution in [0, 0.1) is 26.7 Å². The lowest BCUT2D eigenvalue weighted by Gasteiger charge is -2.07. The first kappa shape index (κ1) is 14.6. The van der Waals surface area contributed by atoms with E-state index in [1.807, 2.05) is 39.0 Å². The Morgan fingerprint density at radius 1 is 1.15 bits per heavy atom. The molecule has 2 aromatic rings. The summed E-state index contributed by atoms with van der Waals surface area (Å²) in [6, 6.07) is 7.93. The Labute approximate surface area is 120 Å². The number of ketones is 1. The van der Waals surface area contributed by atoms with Gasteiger partial charge in [0.1, 0.15) is 11.5 Å². The standard InChI is InChI=1S/C18H22O2/c1-11(2)9-15-7-6-8-16(10-15)18(19)17-12(3)13(4)20-14(17)5/h6-8,10-11H,9H2,1-5H3. The average molecular weight is 270 g/mol. The fourth-order valence-corrected chi connectivity index (χ4v) is 2.58. The zero-order valence-corrected chi connectivity index (χ0v) is 12.9. The molecule has 0 radical (unpaired) electrons. The van der Waals surface area contributed by atoms with Crippen molar-refractivity contribution in [1.29, 1.82) is 0 Å². The minimum atomic E-state index is 0.0578. The Balaban J connectivity index is 2.38. The summed E-state index contributed by atoms with van der Waals surface area (Å²) >= 11 is 0. The summed E-state index contributed by atoms with van der Waals surface area (Å²) in [6.45, 7) is 10.1. The predicted molar refractivity (Wildman–Crippen MR) is 81.3 cm³/mol. The van der Waals surface area contributed by atoms with E-state index >= 15 is 0 Å². The molecule has 0 unspecified atom stereocenters. The highest BCUT2D eigenvalue weighted by atomic mass is 16.3. The van der Waals surface area contributed by atoms with E-state index in [1.165, 1.54) is 5.56 Å². The third-order valence-corrected chi connectivity index (χ3v) is 3.62. The van der Waals surface area contributed by atoms with Crippen LogP contribution in [0.5, 0.6) is 0 Å². The summed E-state index contributed by atoms with van der Waals surface area (Å²) in [5.74, 6) is 2.17. The van der Waals surface area contributed by atoms with Crippen molar-refractivity contribution >= 4 is 5.78 Å². The van der Waals surface area contributed by atoms with Gasteiger partial charge in [-0.15, -0.1) is 0 Å². The van der Waals surface area contributed by atoms with Crippen LogP contribution in [-0.4, -0.2) is 5.78 Å². The van der Waals surface area contributed by atoms with E-state index in [-0.39, 0.29) is 5.78 Å². The zero-order chi connectivity index (χ0) is 14.9. The van der Waals surface area contributed by atoms with Crippen molar-refractivity contribution in [3.8, 4) is 0 Å². The van der Waals surface area contributed by atoms with Crippen molar-refractivity contribution < 1.29 is 9.21 Å². The summed E-state index contributed by atoms with van der Waals surface area (Å²) in [5, 5.41) is 0. The number of furan rings is 1. The largest absolute Gasteiger partial charge is 0.466 e. The molecule has 0 bridgehead atoms. The minimum absolute atomic E-state index is 0.0578. The van der Waals surface area contributed by atoms with Crippen LogP contribution in [0.1, 0.15) is 52.4 Å². The van der Waals surface area contributed by atoms with Gasteiger partial charge in [0, 0.05) is 11.1 Å². The number of carbonyl (C=O) groups excluding carboxylic acids is 1. The van der Waals surface area contributed by atoms with Gasteiger partial charge < -0.3 is 4.42 Å². The summed E-state index contributed by atoms with van der Waals surface area (Å²) < 4.78 is 5.56. The minimum Gasteiger partial charge on any atom is -0.466 e. The molecule has 0 atom stereocenters. The molecule has 0 fully saturated rings. The van der Waals surface area contributed by atoms with Crippen molar-refractivity contribution in [3.63, 3.8) is 0 Å². The lowest BCUT2D eigenvalue weighted by molar-refractivity contribution is 0.103. The first-order valence-electron chi connectivity index (χ1n) is 7.10. The molecule has 0 saturated heterocycles. The van der Waals surface area contributed by atoms with Gasteiger partial charge in [-0.2, -0.15) is 0 Å². The van der Waals surface area contributed by atoms with Crippen molar-refractivity contribution in [2.45, 2.75) is 41.0 Å². The molecule has 0 aliphatic rings. The molecule has 1 aromatic heterocycles. The molecule has 2 rings (SSSR count). The fraction of sp³-hybridized carbons (Fsp3) is 0.389. The van der Waals surface area contributed by atoms with E-state index < -0.39 is 0 Å². The van der Waals surface area contributed by atoms with E-state index in [0.717, 1.165) is 23.3 Å². The van der Waals surface area contributed by atoms with Crippen molar-refractivity contribution in [2.75, 3.05) is 0 Å². The van der Waals surface area contributed by atoms with E-state index in [9.17, 15) is 4.79 Å². The van der Waals surface area contributed by atoms with E-state index in [1.54, 1.807) is 0 Å². The molecular weight excluding hydrogens is 248 g/mol. The fourth-order valence-electron chi connectivity index (χ4n) is 2.58. The molecular formula is C18H22O2. The lowest BCUT2D eigenvalue weighted by atomic mass is 9.96. The SMILES string of the molecule is Cc1oc(C)c(C(=O)c2cccc(CC(C)C)c2)c1C. The zero-order valence-electron chi connectivity index (χ0n) is 12.9. The van der Waals surface area contributed by atoms with Crippen LogP contribution in [0.15, 0.2) is 28.7 Å². The number of benzene rings is 1. The van der Waals surface area contributed by atoms with Gasteiger partial charge in [0.15, 0.2) is 5.78 Å². The van der Waals surface area contributed by atoms with Gasteiger partial charge in [-0.3, -0.25) is 4.79 Å². The summed E-state index contributed by atoms with van der Waals surface area (Å²) in [6.07, 6.45) is 0.990. The first-order chi connectivity index (χ1) is 9.40. The molecule has 20 heavy (non-hydrogen) atoms. The van der Waals surface area contributed by atoms with E-state index in [4.69, 9.17) is 4.42 Å². The Kier molecular flexibility index (Phi) is 4.12. The number of carbonyl (C=O) groups is 1. The second kappa shape index (κ2) is 5.66. The monoisotopic (exact) mass is 270 g/mol. The third kappa shape index (κ3) is 2.84. The number of aryl methyl sites for hydroxylation is 2. The molecule has 1 heterocycles. The average Bonchev–Trinajstić information content (AvgIpc) is 2.62. The second-order valence-corrected chi connectivity index (χ2v) is 5.84. The van der Waals surface area contributed by atoms with Gasteiger partial charge in [-0.1, -0.05) is 32.0 Å². The third-order valence-electron chi connectivity index (χ3n) is 3.62. The van der Waals surface area contributed by atoms with E-state index in [2.05, 4.69) is 19.9 Å². The van der Waals surface area contributed by atoms with Gasteiger partial charge in [0.05, 0.1) is 5.56 Å². The maximum atomic E-state index is 12.7. The van der Waals surface area contributed by atoms with Crippen LogP contribution in [0.25, 0.3) is 0 Å². The van der Waals surface area contributed by atoms with Crippen LogP contribution in [0.2, 0.25) is 0 Å². The van der Waals surface area contributed by atoms with Crippen molar-refractivity contribution in [1.82, 2.24) is 0 Å². The molecule has 2 heteroatoms. The van der Waals surface area contributed by atoms with Crippen LogP contribution in [-0.2, 0) is 6.42 Å². The van der Waals surface area contributed by atoms with Crippen molar-refractivity contribution in [3.05, 3.63) is 58.0 Å². The Morgan fingerprint density at radius 2 is 1.85 bits per heavy atom. The van der Waals surface area contributed by atoms with E-state index in [0.29, 0.717) is 17.2 Å². The van der Waals surface area contributed by atoms with Gasteiger partial charge >= 0.3 is 0 Å². The quantitative estimate of drug-likeness (QED) is 0.758. The highest BCUT2D eigenvalue weighted by Gasteiger charge is 2.20. The molecule has 1 aromatic carbocycles. The van der Waals surface area contributed by atoms with Crippen molar-refractivity contribution in [2.24, 2.45) is 5.92 Å². The Morgan fingerprint density at radius 3 is 2.40 bits per heavy atom. The molecule has 106 valence electrons. The molecule has 0 amide bonds. The van der Waals surface area contributed by atoms with Gasteiger partial charge in [-0.05, 0) is 44.7 Å². The smallest absolute Gasteiger partial charge is 0.196 e. The molecule has 0 saturated carbocycles. The summed E-state index contributed by atoms with van der Waals surface area (Å²) in [5.41, 5.74) is 3.61. The summed E-state index contributed by atoms with van der Waals surface area (Å²) in [7, 11) is 0. The number of hydrogen-bond acceptors (Lipinski definition) is 2. The topological polar surface area (TPSA) is 30.2 Å². The second-order valence-electron chi connectivity index (χ2n) is 5.84.